The number of anilines is 1. The third-order valence-electron chi connectivity index (χ3n) is 4.43. The molecular weight excluding hydrogens is 419 g/mol. The lowest BCUT2D eigenvalue weighted by Crippen LogP contribution is -2.99. The van der Waals surface area contributed by atoms with Crippen LogP contribution in [-0.4, -0.2) is 54.3 Å². The molecule has 0 aliphatic carbocycles. The van der Waals surface area contributed by atoms with E-state index in [1.54, 1.807) is 26.2 Å². The molecule has 29 heavy (non-hydrogen) atoms. The summed E-state index contributed by atoms with van der Waals surface area (Å²) in [5, 5.41) is 35.3. The van der Waals surface area contributed by atoms with Crippen LogP contribution in [0.3, 0.4) is 0 Å². The minimum atomic E-state index is -1.06. The Balaban J connectivity index is 0.00000210. The quantitative estimate of drug-likeness (QED) is 0.193. The van der Waals surface area contributed by atoms with Gasteiger partial charge in [0.1, 0.15) is 6.54 Å². The molecule has 3 aromatic rings. The van der Waals surface area contributed by atoms with Crippen molar-refractivity contribution in [3.05, 3.63) is 41.6 Å². The molecule has 2 aromatic carbocycles. The van der Waals surface area contributed by atoms with E-state index < -0.39 is 5.23 Å². The van der Waals surface area contributed by atoms with E-state index in [0.717, 1.165) is 16.6 Å². The van der Waals surface area contributed by atoms with Crippen LogP contribution in [-0.2, 0) is 0 Å². The third kappa shape index (κ3) is 5.58. The van der Waals surface area contributed by atoms with E-state index >= 15 is 0 Å². The first-order chi connectivity index (χ1) is 12.8. The highest BCUT2D eigenvalue weighted by Gasteiger charge is 2.21. The van der Waals surface area contributed by atoms with Crippen molar-refractivity contribution in [2.24, 2.45) is 0 Å². The van der Waals surface area contributed by atoms with Gasteiger partial charge in [-0.1, -0.05) is 18.2 Å². The van der Waals surface area contributed by atoms with Crippen LogP contribution in [0.2, 0.25) is 0 Å². The minimum Gasteiger partial charge on any atom is -0.595 e. The molecule has 1 heterocycles. The van der Waals surface area contributed by atoms with Gasteiger partial charge in [0, 0.05) is 18.4 Å². The molecule has 1 aromatic heterocycles. The number of para-hydroxylation sites is 1. The number of benzene rings is 2. The molecule has 1 unspecified atom stereocenters. The van der Waals surface area contributed by atoms with Crippen LogP contribution in [0.5, 0.6) is 5.75 Å². The molecule has 0 bridgehead atoms. The van der Waals surface area contributed by atoms with Crippen molar-refractivity contribution in [2.45, 2.75) is 6.42 Å². The number of pyridine rings is 1. The van der Waals surface area contributed by atoms with Crippen molar-refractivity contribution in [3.8, 4) is 5.75 Å². The van der Waals surface area contributed by atoms with Crippen LogP contribution in [0.4, 0.5) is 11.4 Å². The van der Waals surface area contributed by atoms with Crippen LogP contribution >= 0.6 is 24.8 Å². The maximum absolute atomic E-state index is 12.0. The summed E-state index contributed by atoms with van der Waals surface area (Å²) >= 11 is 0. The summed E-state index contributed by atoms with van der Waals surface area (Å²) < 4.78 is 5.16. The number of halogens is 2. The van der Waals surface area contributed by atoms with Crippen LogP contribution < -0.4 is 15.3 Å². The van der Waals surface area contributed by atoms with Gasteiger partial charge in [-0.2, -0.15) is 9.87 Å². The Morgan fingerprint density at radius 2 is 1.83 bits per heavy atom. The summed E-state index contributed by atoms with van der Waals surface area (Å²) in [4.78, 5) is 4.62. The molecular formula is C19H27Cl2N4O4+. The van der Waals surface area contributed by atoms with E-state index in [4.69, 9.17) is 4.74 Å². The predicted octanol–water partition coefficient (Wildman–Crippen LogP) is 2.91. The molecule has 0 saturated heterocycles. The lowest BCUT2D eigenvalue weighted by molar-refractivity contribution is -1.07. The number of ether oxygens (including phenoxy) is 1. The topological polar surface area (TPSA) is 102 Å². The molecule has 0 radical (unpaired) electrons. The van der Waals surface area contributed by atoms with Gasteiger partial charge in [0.15, 0.2) is 5.75 Å². The minimum absolute atomic E-state index is 0. The SMILES string of the molecule is COc1ccc2nc3ccccc3c(NCCC[N+](C)(C)O)c2c1[NH+]([O-])O.Cl.Cl. The molecule has 0 spiro atoms. The first-order valence-corrected chi connectivity index (χ1v) is 8.74. The number of quaternary nitrogens is 2. The van der Waals surface area contributed by atoms with Crippen molar-refractivity contribution in [1.82, 2.24) is 4.98 Å². The molecule has 160 valence electrons. The molecule has 3 rings (SSSR count). The smallest absolute Gasteiger partial charge is 0.217 e. The summed E-state index contributed by atoms with van der Waals surface area (Å²) in [6.07, 6.45) is 0.716. The molecule has 0 aliphatic heterocycles. The summed E-state index contributed by atoms with van der Waals surface area (Å²) in [5.41, 5.74) is 2.18. The second-order valence-electron chi connectivity index (χ2n) is 6.97. The van der Waals surface area contributed by atoms with Crippen molar-refractivity contribution in [2.75, 3.05) is 39.6 Å². The Bertz CT molecular complexity index is 964. The fourth-order valence-corrected chi connectivity index (χ4v) is 3.21. The first kappa shape index (κ1) is 25.1. The van der Waals surface area contributed by atoms with Crippen molar-refractivity contribution in [3.63, 3.8) is 0 Å². The number of hydroxylamine groups is 3. The first-order valence-electron chi connectivity index (χ1n) is 8.74. The van der Waals surface area contributed by atoms with Crippen LogP contribution in [0.15, 0.2) is 36.4 Å². The number of rotatable bonds is 7. The fourth-order valence-electron chi connectivity index (χ4n) is 3.21. The Morgan fingerprint density at radius 3 is 2.45 bits per heavy atom. The van der Waals surface area contributed by atoms with Gasteiger partial charge < -0.3 is 15.3 Å². The van der Waals surface area contributed by atoms with Gasteiger partial charge in [-0.05, 0) is 18.2 Å². The zero-order chi connectivity index (χ0) is 19.6. The molecule has 0 amide bonds. The van der Waals surface area contributed by atoms with E-state index in [-0.39, 0.29) is 35.1 Å². The normalized spacial score (nSPS) is 12.2. The average Bonchev–Trinajstić information content (AvgIpc) is 2.62. The van der Waals surface area contributed by atoms with Crippen LogP contribution in [0, 0.1) is 5.21 Å². The maximum atomic E-state index is 12.0. The number of nitrogens with zero attached hydrogens (tertiary/aromatic N) is 2. The lowest BCUT2D eigenvalue weighted by Gasteiger charge is -2.21. The van der Waals surface area contributed by atoms with Gasteiger partial charge in [-0.25, -0.2) is 15.4 Å². The van der Waals surface area contributed by atoms with E-state index in [9.17, 15) is 15.6 Å². The Morgan fingerprint density at radius 1 is 1.14 bits per heavy atom. The zero-order valence-corrected chi connectivity index (χ0v) is 18.1. The van der Waals surface area contributed by atoms with Crippen LogP contribution in [0.25, 0.3) is 21.8 Å². The van der Waals surface area contributed by atoms with E-state index in [2.05, 4.69) is 10.3 Å². The number of aromatic nitrogens is 1. The highest BCUT2D eigenvalue weighted by Crippen LogP contribution is 2.38. The van der Waals surface area contributed by atoms with Crippen LogP contribution in [0.1, 0.15) is 6.42 Å². The lowest BCUT2D eigenvalue weighted by atomic mass is 10.1. The zero-order valence-electron chi connectivity index (χ0n) is 16.5. The van der Waals surface area contributed by atoms with Crippen molar-refractivity contribution >= 4 is 58.0 Å². The van der Waals surface area contributed by atoms with Crippen molar-refractivity contribution < 1.29 is 25.0 Å². The highest BCUT2D eigenvalue weighted by molar-refractivity contribution is 6.12. The number of fused-ring (bicyclic) bond motifs is 2. The maximum Gasteiger partial charge on any atom is 0.217 e. The van der Waals surface area contributed by atoms with Gasteiger partial charge in [-0.15, -0.1) is 24.8 Å². The second-order valence-corrected chi connectivity index (χ2v) is 6.97. The molecule has 0 saturated carbocycles. The summed E-state index contributed by atoms with van der Waals surface area (Å²) in [7, 11) is 4.88. The Hall–Kier alpha value is -1.91. The van der Waals surface area contributed by atoms with Gasteiger partial charge in [-0.3, -0.25) is 0 Å². The number of hydrogen-bond donors (Lipinski definition) is 4. The molecule has 8 nitrogen and oxygen atoms in total. The Kier molecular flexibility index (Phi) is 8.85. The third-order valence-corrected chi connectivity index (χ3v) is 4.43. The standard InChI is InChI=1S/C19H25N4O4.2ClH/c1-23(2,26)12-6-11-20-18-13-7-4-5-8-14(13)21-15-9-10-16(27-3)19(17(15)18)22(24)25;;/h4-5,7-10,22,24,26H,6,11-12H2,1-3H3,(H,20,21);2*1H/q+1;;. The molecule has 10 heteroatoms. The number of hydrogen-bond acceptors (Lipinski definition) is 6. The van der Waals surface area contributed by atoms with E-state index in [0.29, 0.717) is 36.2 Å². The van der Waals surface area contributed by atoms with Gasteiger partial charge in [0.05, 0.1) is 43.3 Å². The van der Waals surface area contributed by atoms with Crippen molar-refractivity contribution in [1.29, 1.82) is 0 Å². The molecule has 0 fully saturated rings. The molecule has 1 atom stereocenters. The van der Waals surface area contributed by atoms with Gasteiger partial charge >= 0.3 is 0 Å². The van der Waals surface area contributed by atoms with E-state index in [1.165, 1.54) is 7.11 Å². The second kappa shape index (κ2) is 10.2. The van der Waals surface area contributed by atoms with Gasteiger partial charge in [0.25, 0.3) is 0 Å². The Labute approximate surface area is 181 Å². The fraction of sp³-hybridized carbons (Fsp3) is 0.316. The average molecular weight is 446 g/mol. The number of nitrogens with one attached hydrogen (secondary N) is 2. The van der Waals surface area contributed by atoms with E-state index in [1.807, 2.05) is 24.3 Å². The number of methoxy groups -OCH3 is 1. The highest BCUT2D eigenvalue weighted by atomic mass is 35.5. The van der Waals surface area contributed by atoms with Gasteiger partial charge in [0.2, 0.25) is 5.69 Å². The summed E-state index contributed by atoms with van der Waals surface area (Å²) in [5.74, 6) is 0.295. The molecule has 0 aliphatic rings. The monoisotopic (exact) mass is 445 g/mol. The predicted molar refractivity (Wildman–Crippen MR) is 118 cm³/mol. The molecule has 4 N–H and O–H groups in total. The summed E-state index contributed by atoms with van der Waals surface area (Å²) in [6.45, 7) is 1.16. The summed E-state index contributed by atoms with van der Waals surface area (Å²) in [6, 6.07) is 11.0. The largest absolute Gasteiger partial charge is 0.595 e.